The summed E-state index contributed by atoms with van der Waals surface area (Å²) in [5, 5.41) is 2.90. The van der Waals surface area contributed by atoms with Crippen molar-refractivity contribution in [1.82, 2.24) is 5.32 Å². The van der Waals surface area contributed by atoms with Gasteiger partial charge in [0.1, 0.15) is 11.5 Å². The van der Waals surface area contributed by atoms with Gasteiger partial charge in [0.15, 0.2) is 0 Å². The van der Waals surface area contributed by atoms with E-state index < -0.39 is 0 Å². The average Bonchev–Trinajstić information content (AvgIpc) is 2.36. The van der Waals surface area contributed by atoms with Crippen LogP contribution in [0.4, 0.5) is 0 Å². The third-order valence-corrected chi connectivity index (χ3v) is 2.72. The first kappa shape index (κ1) is 15.3. The Morgan fingerprint density at radius 1 is 1.21 bits per heavy atom. The van der Waals surface area contributed by atoms with Gasteiger partial charge in [0.2, 0.25) is 0 Å². The van der Waals surface area contributed by atoms with E-state index in [1.807, 2.05) is 13.8 Å². The molecule has 1 aromatic rings. The molecule has 19 heavy (non-hydrogen) atoms. The molecule has 0 aromatic heterocycles. The predicted molar refractivity (Wildman–Crippen MR) is 74.7 cm³/mol. The maximum Gasteiger partial charge on any atom is 0.251 e. The summed E-state index contributed by atoms with van der Waals surface area (Å²) in [5.41, 5.74) is 6.21. The van der Waals surface area contributed by atoms with Crippen LogP contribution >= 0.6 is 0 Å². The molecule has 5 nitrogen and oxygen atoms in total. The summed E-state index contributed by atoms with van der Waals surface area (Å²) in [6.45, 7) is 3.84. The number of nitrogens with two attached hydrogens (primary N) is 1. The van der Waals surface area contributed by atoms with Crippen molar-refractivity contribution in [3.8, 4) is 11.5 Å². The van der Waals surface area contributed by atoms with Gasteiger partial charge in [-0.25, -0.2) is 0 Å². The Morgan fingerprint density at radius 2 is 1.74 bits per heavy atom. The molecule has 1 amide bonds. The lowest BCUT2D eigenvalue weighted by Crippen LogP contribution is -2.36. The van der Waals surface area contributed by atoms with Gasteiger partial charge in [0.05, 0.1) is 14.2 Å². The highest BCUT2D eigenvalue weighted by Gasteiger charge is 2.13. The Labute approximate surface area is 114 Å². The van der Waals surface area contributed by atoms with Gasteiger partial charge in [-0.05, 0) is 32.4 Å². The first-order chi connectivity index (χ1) is 8.96. The largest absolute Gasteiger partial charge is 0.497 e. The number of ether oxygens (including phenoxy) is 2. The van der Waals surface area contributed by atoms with Crippen LogP contribution in [-0.2, 0) is 0 Å². The molecule has 1 rings (SSSR count). The van der Waals surface area contributed by atoms with E-state index in [0.717, 1.165) is 6.42 Å². The third-order valence-electron chi connectivity index (χ3n) is 2.72. The Balaban J connectivity index is 2.81. The summed E-state index contributed by atoms with van der Waals surface area (Å²) >= 11 is 0. The van der Waals surface area contributed by atoms with Gasteiger partial charge in [-0.3, -0.25) is 4.79 Å². The molecule has 0 bridgehead atoms. The van der Waals surface area contributed by atoms with Crippen molar-refractivity contribution < 1.29 is 14.3 Å². The smallest absolute Gasteiger partial charge is 0.251 e. The van der Waals surface area contributed by atoms with Crippen LogP contribution in [0.15, 0.2) is 18.2 Å². The van der Waals surface area contributed by atoms with Gasteiger partial charge in [0, 0.05) is 23.7 Å². The molecule has 2 unspecified atom stereocenters. The Kier molecular flexibility index (Phi) is 5.63. The monoisotopic (exact) mass is 266 g/mol. The first-order valence-corrected chi connectivity index (χ1v) is 6.25. The molecule has 0 aliphatic rings. The quantitative estimate of drug-likeness (QED) is 0.819. The van der Waals surface area contributed by atoms with Crippen molar-refractivity contribution in [2.24, 2.45) is 5.73 Å². The highest BCUT2D eigenvalue weighted by Crippen LogP contribution is 2.22. The standard InChI is InChI=1S/C14H22N2O3/c1-9(15)5-10(2)16-14(17)11-6-12(18-3)8-13(7-11)19-4/h6-10H,5,15H2,1-4H3,(H,16,17). The number of hydrogen-bond donors (Lipinski definition) is 2. The van der Waals surface area contributed by atoms with Crippen molar-refractivity contribution in [2.45, 2.75) is 32.4 Å². The molecule has 106 valence electrons. The van der Waals surface area contributed by atoms with E-state index in [0.29, 0.717) is 17.1 Å². The SMILES string of the molecule is COc1cc(OC)cc(C(=O)NC(C)CC(C)N)c1. The Morgan fingerprint density at radius 3 is 2.16 bits per heavy atom. The van der Waals surface area contributed by atoms with Crippen LogP contribution in [0.3, 0.4) is 0 Å². The van der Waals surface area contributed by atoms with Crippen molar-refractivity contribution in [3.05, 3.63) is 23.8 Å². The van der Waals surface area contributed by atoms with Gasteiger partial charge in [-0.1, -0.05) is 0 Å². The molecular formula is C14H22N2O3. The maximum atomic E-state index is 12.1. The summed E-state index contributed by atoms with van der Waals surface area (Å²) in [6, 6.07) is 5.15. The van der Waals surface area contributed by atoms with Crippen molar-refractivity contribution in [3.63, 3.8) is 0 Å². The molecule has 0 heterocycles. The number of carbonyl (C=O) groups excluding carboxylic acids is 1. The molecular weight excluding hydrogens is 244 g/mol. The second-order valence-electron chi connectivity index (χ2n) is 4.69. The molecule has 0 fully saturated rings. The minimum atomic E-state index is -0.162. The van der Waals surface area contributed by atoms with Crippen LogP contribution < -0.4 is 20.5 Å². The number of amides is 1. The van der Waals surface area contributed by atoms with Gasteiger partial charge in [0.25, 0.3) is 5.91 Å². The highest BCUT2D eigenvalue weighted by molar-refractivity contribution is 5.95. The van der Waals surface area contributed by atoms with Crippen LogP contribution in [0.25, 0.3) is 0 Å². The fourth-order valence-corrected chi connectivity index (χ4v) is 1.86. The molecule has 3 N–H and O–H groups in total. The van der Waals surface area contributed by atoms with E-state index in [-0.39, 0.29) is 18.0 Å². The first-order valence-electron chi connectivity index (χ1n) is 6.25. The van der Waals surface area contributed by atoms with E-state index in [1.54, 1.807) is 32.4 Å². The summed E-state index contributed by atoms with van der Waals surface area (Å²) in [7, 11) is 3.10. The van der Waals surface area contributed by atoms with Crippen LogP contribution in [-0.4, -0.2) is 32.2 Å². The van der Waals surface area contributed by atoms with Crippen LogP contribution in [0.5, 0.6) is 11.5 Å². The van der Waals surface area contributed by atoms with Crippen molar-refractivity contribution in [2.75, 3.05) is 14.2 Å². The molecule has 0 aliphatic heterocycles. The summed E-state index contributed by atoms with van der Waals surface area (Å²) in [6.07, 6.45) is 0.729. The zero-order valence-corrected chi connectivity index (χ0v) is 11.9. The number of methoxy groups -OCH3 is 2. The summed E-state index contributed by atoms with van der Waals surface area (Å²) in [4.78, 5) is 12.1. The Hall–Kier alpha value is -1.75. The summed E-state index contributed by atoms with van der Waals surface area (Å²) in [5.74, 6) is 1.01. The molecule has 0 spiro atoms. The molecule has 0 saturated carbocycles. The van der Waals surface area contributed by atoms with Gasteiger partial charge < -0.3 is 20.5 Å². The van der Waals surface area contributed by atoms with E-state index in [1.165, 1.54) is 0 Å². The van der Waals surface area contributed by atoms with Crippen LogP contribution in [0.1, 0.15) is 30.6 Å². The Bertz CT molecular complexity index is 410. The van der Waals surface area contributed by atoms with Crippen LogP contribution in [0.2, 0.25) is 0 Å². The summed E-state index contributed by atoms with van der Waals surface area (Å²) < 4.78 is 10.3. The minimum absolute atomic E-state index is 0.0182. The zero-order valence-electron chi connectivity index (χ0n) is 11.9. The fourth-order valence-electron chi connectivity index (χ4n) is 1.86. The lowest BCUT2D eigenvalue weighted by Gasteiger charge is -2.16. The molecule has 5 heteroatoms. The number of hydrogen-bond acceptors (Lipinski definition) is 4. The minimum Gasteiger partial charge on any atom is -0.497 e. The molecule has 0 saturated heterocycles. The topological polar surface area (TPSA) is 73.6 Å². The van der Waals surface area contributed by atoms with E-state index in [2.05, 4.69) is 5.32 Å². The fraction of sp³-hybridized carbons (Fsp3) is 0.500. The van der Waals surface area contributed by atoms with Gasteiger partial charge in [-0.15, -0.1) is 0 Å². The molecule has 0 radical (unpaired) electrons. The third kappa shape index (κ3) is 4.79. The average molecular weight is 266 g/mol. The zero-order chi connectivity index (χ0) is 14.4. The normalized spacial score (nSPS) is 13.5. The second kappa shape index (κ2) is 6.99. The molecule has 2 atom stereocenters. The molecule has 0 aliphatic carbocycles. The predicted octanol–water partition coefficient (Wildman–Crippen LogP) is 1.56. The number of rotatable bonds is 6. The van der Waals surface area contributed by atoms with Crippen LogP contribution in [0, 0.1) is 0 Å². The lowest BCUT2D eigenvalue weighted by molar-refractivity contribution is 0.0937. The van der Waals surface area contributed by atoms with E-state index in [9.17, 15) is 4.79 Å². The number of nitrogens with one attached hydrogen (secondary N) is 1. The van der Waals surface area contributed by atoms with Gasteiger partial charge in [-0.2, -0.15) is 0 Å². The highest BCUT2D eigenvalue weighted by atomic mass is 16.5. The number of benzene rings is 1. The van der Waals surface area contributed by atoms with Crippen molar-refractivity contribution >= 4 is 5.91 Å². The second-order valence-corrected chi connectivity index (χ2v) is 4.69. The lowest BCUT2D eigenvalue weighted by atomic mass is 10.1. The van der Waals surface area contributed by atoms with E-state index in [4.69, 9.17) is 15.2 Å². The maximum absolute atomic E-state index is 12.1. The van der Waals surface area contributed by atoms with Gasteiger partial charge >= 0.3 is 0 Å². The number of carbonyl (C=O) groups is 1. The van der Waals surface area contributed by atoms with E-state index >= 15 is 0 Å². The molecule has 1 aromatic carbocycles. The van der Waals surface area contributed by atoms with Crippen molar-refractivity contribution in [1.29, 1.82) is 0 Å².